The molecule has 1 aromatic carbocycles. The molecule has 2 rings (SSSR count). The number of furan rings is 1. The number of hydrogen-bond donors (Lipinski definition) is 1. The van der Waals surface area contributed by atoms with Crippen molar-refractivity contribution in [2.75, 3.05) is 14.2 Å². The molecule has 0 saturated heterocycles. The number of nitrogens with one attached hydrogen (secondary N) is 1. The first-order valence-corrected chi connectivity index (χ1v) is 7.12. The van der Waals surface area contributed by atoms with Crippen LogP contribution in [0, 0.1) is 0 Å². The maximum atomic E-state index is 12.3. The van der Waals surface area contributed by atoms with Crippen molar-refractivity contribution in [2.24, 2.45) is 0 Å². The van der Waals surface area contributed by atoms with Crippen molar-refractivity contribution in [1.29, 1.82) is 0 Å². The Morgan fingerprint density at radius 2 is 1.90 bits per heavy atom. The van der Waals surface area contributed by atoms with Gasteiger partial charge in [0, 0.05) is 5.56 Å². The molecule has 0 bridgehead atoms. The number of carbonyl (C=O) groups is 1. The predicted molar refractivity (Wildman–Crippen MR) is 81.8 cm³/mol. The van der Waals surface area contributed by atoms with E-state index in [0.29, 0.717) is 27.3 Å². The van der Waals surface area contributed by atoms with Gasteiger partial charge in [0.2, 0.25) is 0 Å². The summed E-state index contributed by atoms with van der Waals surface area (Å²) in [5.41, 5.74) is 0.449. The van der Waals surface area contributed by atoms with Crippen LogP contribution < -0.4 is 14.8 Å². The van der Waals surface area contributed by atoms with E-state index in [9.17, 15) is 4.79 Å². The third kappa shape index (κ3) is 3.39. The van der Waals surface area contributed by atoms with Crippen LogP contribution >= 0.6 is 15.9 Å². The summed E-state index contributed by atoms with van der Waals surface area (Å²) < 4.78 is 16.4. The highest BCUT2D eigenvalue weighted by Gasteiger charge is 2.17. The number of benzene rings is 1. The zero-order valence-corrected chi connectivity index (χ0v) is 13.6. The lowest BCUT2D eigenvalue weighted by Gasteiger charge is -2.14. The zero-order chi connectivity index (χ0) is 15.4. The first kappa shape index (κ1) is 15.4. The minimum Gasteiger partial charge on any atom is -0.495 e. The van der Waals surface area contributed by atoms with Gasteiger partial charge in [0.25, 0.3) is 5.91 Å². The van der Waals surface area contributed by atoms with Gasteiger partial charge in [0.1, 0.15) is 21.7 Å². The Balaban J connectivity index is 2.23. The van der Waals surface area contributed by atoms with E-state index >= 15 is 0 Å². The molecule has 0 spiro atoms. The normalized spacial score (nSPS) is 11.8. The van der Waals surface area contributed by atoms with Crippen molar-refractivity contribution in [3.05, 3.63) is 46.3 Å². The van der Waals surface area contributed by atoms with Crippen LogP contribution in [0.5, 0.6) is 11.5 Å². The van der Waals surface area contributed by atoms with Crippen LogP contribution in [0.4, 0.5) is 0 Å². The first-order chi connectivity index (χ1) is 10.1. The second kappa shape index (κ2) is 6.67. The molecule has 0 aliphatic heterocycles. The van der Waals surface area contributed by atoms with Crippen LogP contribution in [-0.4, -0.2) is 20.1 Å². The average Bonchev–Trinajstić information content (AvgIpc) is 3.01. The zero-order valence-electron chi connectivity index (χ0n) is 12.0. The molecule has 0 radical (unpaired) electrons. The van der Waals surface area contributed by atoms with Gasteiger partial charge in [0.15, 0.2) is 0 Å². The van der Waals surface area contributed by atoms with E-state index in [2.05, 4.69) is 21.2 Å². The van der Waals surface area contributed by atoms with Crippen LogP contribution in [0.2, 0.25) is 0 Å². The minimum absolute atomic E-state index is 0.229. The summed E-state index contributed by atoms with van der Waals surface area (Å²) in [7, 11) is 3.07. The molecule has 1 atom stereocenters. The molecule has 6 heteroatoms. The fraction of sp³-hybridized carbons (Fsp3) is 0.267. The fourth-order valence-corrected chi connectivity index (χ4v) is 2.44. The Morgan fingerprint density at radius 1 is 1.29 bits per heavy atom. The summed E-state index contributed by atoms with van der Waals surface area (Å²) in [5.74, 6) is 1.53. The third-order valence-corrected chi connectivity index (χ3v) is 3.81. The highest BCUT2D eigenvalue weighted by Crippen LogP contribution is 2.35. The van der Waals surface area contributed by atoms with Gasteiger partial charge in [-0.3, -0.25) is 4.79 Å². The predicted octanol–water partition coefficient (Wildman–Crippen LogP) is 3.55. The molecule has 1 aromatic heterocycles. The number of amides is 1. The highest BCUT2D eigenvalue weighted by atomic mass is 79.9. The molecule has 0 aliphatic rings. The quantitative estimate of drug-likeness (QED) is 0.892. The number of methoxy groups -OCH3 is 2. The van der Waals surface area contributed by atoms with E-state index in [0.717, 1.165) is 0 Å². The van der Waals surface area contributed by atoms with Gasteiger partial charge in [-0.15, -0.1) is 0 Å². The van der Waals surface area contributed by atoms with Gasteiger partial charge < -0.3 is 19.2 Å². The maximum absolute atomic E-state index is 12.3. The largest absolute Gasteiger partial charge is 0.495 e. The lowest BCUT2D eigenvalue weighted by atomic mass is 10.1. The maximum Gasteiger partial charge on any atom is 0.252 e. The van der Waals surface area contributed by atoms with Crippen LogP contribution in [0.3, 0.4) is 0 Å². The van der Waals surface area contributed by atoms with Gasteiger partial charge in [-0.25, -0.2) is 0 Å². The summed E-state index contributed by atoms with van der Waals surface area (Å²) >= 11 is 3.37. The van der Waals surface area contributed by atoms with Gasteiger partial charge in [-0.2, -0.15) is 0 Å². The van der Waals surface area contributed by atoms with Gasteiger partial charge in [0.05, 0.1) is 26.5 Å². The molecule has 0 fully saturated rings. The minimum atomic E-state index is -0.233. The number of rotatable bonds is 5. The average molecular weight is 354 g/mol. The second-order valence-corrected chi connectivity index (χ2v) is 5.20. The molecular formula is C15H16BrNO4. The van der Waals surface area contributed by atoms with Crippen LogP contribution in [0.1, 0.15) is 29.1 Å². The molecule has 0 unspecified atom stereocenters. The lowest BCUT2D eigenvalue weighted by molar-refractivity contribution is 0.0934. The molecule has 5 nitrogen and oxygen atoms in total. The Kier molecular flexibility index (Phi) is 4.90. The molecule has 0 aliphatic carbocycles. The Bertz CT molecular complexity index is 600. The van der Waals surface area contributed by atoms with E-state index in [-0.39, 0.29) is 11.9 Å². The molecule has 0 saturated carbocycles. The Morgan fingerprint density at radius 3 is 2.38 bits per heavy atom. The smallest absolute Gasteiger partial charge is 0.252 e. The number of hydrogen-bond acceptors (Lipinski definition) is 4. The molecule has 2 aromatic rings. The van der Waals surface area contributed by atoms with E-state index < -0.39 is 0 Å². The second-order valence-electron chi connectivity index (χ2n) is 4.41. The molecular weight excluding hydrogens is 338 g/mol. The molecule has 1 amide bonds. The topological polar surface area (TPSA) is 60.7 Å². The van der Waals surface area contributed by atoms with E-state index in [1.165, 1.54) is 14.2 Å². The third-order valence-electron chi connectivity index (χ3n) is 3.03. The Labute approximate surface area is 131 Å². The number of ether oxygens (including phenoxy) is 2. The van der Waals surface area contributed by atoms with E-state index in [1.54, 1.807) is 24.5 Å². The van der Waals surface area contributed by atoms with Gasteiger partial charge in [-0.05, 0) is 47.1 Å². The summed E-state index contributed by atoms with van der Waals surface area (Å²) in [4.78, 5) is 12.3. The fourth-order valence-electron chi connectivity index (χ4n) is 1.89. The van der Waals surface area contributed by atoms with Crippen molar-refractivity contribution in [2.45, 2.75) is 13.0 Å². The van der Waals surface area contributed by atoms with Crippen molar-refractivity contribution < 1.29 is 18.7 Å². The van der Waals surface area contributed by atoms with E-state index in [1.807, 2.05) is 13.0 Å². The van der Waals surface area contributed by atoms with Crippen molar-refractivity contribution in [3.8, 4) is 11.5 Å². The molecule has 112 valence electrons. The molecule has 1 heterocycles. The molecule has 21 heavy (non-hydrogen) atoms. The van der Waals surface area contributed by atoms with Gasteiger partial charge in [-0.1, -0.05) is 0 Å². The highest BCUT2D eigenvalue weighted by molar-refractivity contribution is 9.10. The summed E-state index contributed by atoms with van der Waals surface area (Å²) in [6.07, 6.45) is 1.57. The number of halogens is 1. The summed E-state index contributed by atoms with van der Waals surface area (Å²) in [5, 5.41) is 2.86. The lowest BCUT2D eigenvalue weighted by Crippen LogP contribution is -2.26. The van der Waals surface area contributed by atoms with Crippen molar-refractivity contribution >= 4 is 21.8 Å². The monoisotopic (exact) mass is 353 g/mol. The van der Waals surface area contributed by atoms with Crippen LogP contribution in [0.15, 0.2) is 39.4 Å². The SMILES string of the molecule is COc1cc(C(=O)N[C@@H](C)c2ccco2)cc(OC)c1Br. The van der Waals surface area contributed by atoms with Gasteiger partial charge >= 0.3 is 0 Å². The standard InChI is InChI=1S/C15H16BrNO4/c1-9(11-5-4-6-21-11)17-15(18)10-7-12(19-2)14(16)13(8-10)20-3/h4-9H,1-3H3,(H,17,18)/t9-/m0/s1. The van der Waals surface area contributed by atoms with Crippen LogP contribution in [-0.2, 0) is 0 Å². The van der Waals surface area contributed by atoms with Crippen LogP contribution in [0.25, 0.3) is 0 Å². The Hall–Kier alpha value is -1.95. The summed E-state index contributed by atoms with van der Waals surface area (Å²) in [6, 6.07) is 6.67. The molecule has 1 N–H and O–H groups in total. The first-order valence-electron chi connectivity index (χ1n) is 6.32. The summed E-state index contributed by atoms with van der Waals surface area (Å²) in [6.45, 7) is 1.85. The van der Waals surface area contributed by atoms with E-state index in [4.69, 9.17) is 13.9 Å². The number of carbonyl (C=O) groups excluding carboxylic acids is 1. The van der Waals surface area contributed by atoms with Crippen molar-refractivity contribution in [3.63, 3.8) is 0 Å². The van der Waals surface area contributed by atoms with Crippen molar-refractivity contribution in [1.82, 2.24) is 5.32 Å².